The Morgan fingerprint density at radius 3 is 0.971 bits per heavy atom. The summed E-state index contributed by atoms with van der Waals surface area (Å²) in [7, 11) is 0. The summed E-state index contributed by atoms with van der Waals surface area (Å²) >= 11 is 0. The minimum absolute atomic E-state index is 0.631. The summed E-state index contributed by atoms with van der Waals surface area (Å²) in [6, 6.07) is 9.29. The topological polar surface area (TPSA) is 40.7 Å². The average molecular weight is 481 g/mol. The van der Waals surface area contributed by atoms with Gasteiger partial charge in [-0.1, -0.05) is 0 Å². The molecule has 3 aliphatic heterocycles. The highest BCUT2D eigenvalue weighted by atomic mass is 16.5. The number of aryl methyl sites for hydroxylation is 4. The average Bonchev–Trinajstić information content (AvgIpc) is 3.33. The van der Waals surface area contributed by atoms with Crippen molar-refractivity contribution in [3.05, 3.63) is 46.5 Å². The number of fused-ring (bicyclic) bond motifs is 10. The molecule has 2 aromatic carbocycles. The molecule has 0 aliphatic carbocycles. The summed E-state index contributed by atoms with van der Waals surface area (Å²) < 4.78 is 18.0. The van der Waals surface area contributed by atoms with Gasteiger partial charge in [-0.3, -0.25) is 0 Å². The van der Waals surface area contributed by atoms with Gasteiger partial charge in [0.15, 0.2) is 0 Å². The zero-order chi connectivity index (χ0) is 24.4. The van der Waals surface area contributed by atoms with Crippen LogP contribution in [0.25, 0.3) is 0 Å². The van der Waals surface area contributed by atoms with E-state index in [0.29, 0.717) is 26.4 Å². The van der Waals surface area contributed by atoms with Crippen molar-refractivity contribution in [3.63, 3.8) is 0 Å². The van der Waals surface area contributed by atoms with E-state index >= 15 is 0 Å². The van der Waals surface area contributed by atoms with E-state index < -0.39 is 0 Å². The number of nitrogens with zero attached hydrogens (tertiary/aromatic N) is 4. The number of hydrogen-bond acceptors (Lipinski definition) is 7. The molecule has 2 aromatic rings. The van der Waals surface area contributed by atoms with Crippen LogP contribution in [-0.2, 0) is 14.2 Å². The molecule has 0 atom stereocenters. The van der Waals surface area contributed by atoms with Crippen LogP contribution in [0.4, 0.5) is 22.7 Å². The van der Waals surface area contributed by atoms with Crippen LogP contribution in [0.2, 0.25) is 0 Å². The van der Waals surface area contributed by atoms with Gasteiger partial charge in [0.05, 0.1) is 75.7 Å². The molecule has 7 heteroatoms. The first kappa shape index (κ1) is 24.2. The molecule has 190 valence electrons. The van der Waals surface area contributed by atoms with Gasteiger partial charge in [0.1, 0.15) is 0 Å². The predicted molar refractivity (Wildman–Crippen MR) is 143 cm³/mol. The maximum Gasteiger partial charge on any atom is 0.0906 e. The summed E-state index contributed by atoms with van der Waals surface area (Å²) in [5.41, 5.74) is 10.6. The number of anilines is 4. The fourth-order valence-electron chi connectivity index (χ4n) is 5.19. The molecule has 0 aromatic heterocycles. The van der Waals surface area contributed by atoms with Gasteiger partial charge >= 0.3 is 0 Å². The lowest BCUT2D eigenvalue weighted by molar-refractivity contribution is 0.0531. The van der Waals surface area contributed by atoms with E-state index in [1.807, 2.05) is 0 Å². The Kier molecular flexibility index (Phi) is 7.37. The van der Waals surface area contributed by atoms with Crippen molar-refractivity contribution in [3.8, 4) is 0 Å². The van der Waals surface area contributed by atoms with Gasteiger partial charge in [0.2, 0.25) is 0 Å². The predicted octanol–water partition coefficient (Wildman–Crippen LogP) is 3.85. The minimum atomic E-state index is 0.631. The van der Waals surface area contributed by atoms with Gasteiger partial charge in [-0.05, 0) is 74.2 Å². The SMILES string of the molecule is Cc1cc2c(cc1C)N1CCOCCN3CN(CCOCCOCCN2C1)c1cc(C)c(C)cc13. The van der Waals surface area contributed by atoms with Crippen LogP contribution in [0.1, 0.15) is 22.3 Å². The summed E-state index contributed by atoms with van der Waals surface area (Å²) in [6.07, 6.45) is 0. The molecule has 5 rings (SSSR count). The molecule has 7 nitrogen and oxygen atoms in total. The number of hydrogen-bond donors (Lipinski definition) is 0. The van der Waals surface area contributed by atoms with Crippen molar-refractivity contribution < 1.29 is 14.2 Å². The van der Waals surface area contributed by atoms with E-state index in [4.69, 9.17) is 14.2 Å². The first-order valence-corrected chi connectivity index (χ1v) is 13.0. The van der Waals surface area contributed by atoms with Crippen molar-refractivity contribution in [2.45, 2.75) is 27.7 Å². The molecule has 3 heterocycles. The first-order valence-electron chi connectivity index (χ1n) is 13.0. The second-order valence-electron chi connectivity index (χ2n) is 10.0. The lowest BCUT2D eigenvalue weighted by atomic mass is 10.1. The zero-order valence-electron chi connectivity index (χ0n) is 21.8. The third-order valence-corrected chi connectivity index (χ3v) is 7.62. The molecular weight excluding hydrogens is 440 g/mol. The first-order chi connectivity index (χ1) is 17.0. The normalized spacial score (nSPS) is 19.8. The van der Waals surface area contributed by atoms with Crippen molar-refractivity contribution in [2.75, 3.05) is 98.8 Å². The van der Waals surface area contributed by atoms with Gasteiger partial charge in [-0.15, -0.1) is 0 Å². The Hall–Kier alpha value is -2.48. The van der Waals surface area contributed by atoms with E-state index in [1.54, 1.807) is 0 Å². The molecule has 1 fully saturated rings. The monoisotopic (exact) mass is 480 g/mol. The molecule has 0 saturated carbocycles. The standard InChI is InChI=1S/C28H40N4O3/c1-21-15-25-27(17-23(21)3)31-7-11-34-13-14-35-12-8-32-20-30(6-10-33-9-5-29(25)19-31)26-16-22(2)24(4)18-28(26)32/h15-18H,5-14,19-20H2,1-4H3. The van der Waals surface area contributed by atoms with Crippen LogP contribution in [0.3, 0.4) is 0 Å². The summed E-state index contributed by atoms with van der Waals surface area (Å²) in [6.45, 7) is 18.2. The zero-order valence-corrected chi connectivity index (χ0v) is 21.8. The van der Waals surface area contributed by atoms with Gasteiger partial charge in [-0.25, -0.2) is 0 Å². The second-order valence-corrected chi connectivity index (χ2v) is 10.0. The second kappa shape index (κ2) is 10.6. The molecular formula is C28H40N4O3. The van der Waals surface area contributed by atoms with Gasteiger partial charge in [0, 0.05) is 26.2 Å². The molecule has 0 radical (unpaired) electrons. The van der Waals surface area contributed by atoms with Gasteiger partial charge in [-0.2, -0.15) is 0 Å². The van der Waals surface area contributed by atoms with Crippen molar-refractivity contribution >= 4 is 22.7 Å². The van der Waals surface area contributed by atoms with Gasteiger partial charge < -0.3 is 33.8 Å². The Bertz CT molecular complexity index is 962. The summed E-state index contributed by atoms with van der Waals surface area (Å²) in [4.78, 5) is 9.74. The van der Waals surface area contributed by atoms with Crippen molar-refractivity contribution in [2.24, 2.45) is 0 Å². The van der Waals surface area contributed by atoms with Crippen LogP contribution >= 0.6 is 0 Å². The highest BCUT2D eigenvalue weighted by molar-refractivity contribution is 5.79. The molecule has 1 saturated heterocycles. The molecule has 0 unspecified atom stereocenters. The Morgan fingerprint density at radius 2 is 0.686 bits per heavy atom. The highest BCUT2D eigenvalue weighted by Gasteiger charge is 2.28. The Morgan fingerprint density at radius 1 is 0.429 bits per heavy atom. The number of rotatable bonds is 0. The van der Waals surface area contributed by atoms with E-state index in [1.165, 1.54) is 45.0 Å². The Balaban J connectivity index is 1.29. The van der Waals surface area contributed by atoms with Crippen molar-refractivity contribution in [1.82, 2.24) is 0 Å². The maximum absolute atomic E-state index is 6.17. The molecule has 3 aliphatic rings. The maximum atomic E-state index is 6.17. The van der Waals surface area contributed by atoms with E-state index in [0.717, 1.165) is 52.7 Å². The fraction of sp³-hybridized carbons (Fsp3) is 0.571. The number of ether oxygens (including phenoxy) is 3. The lowest BCUT2D eigenvalue weighted by Crippen LogP contribution is -2.36. The fourth-order valence-corrected chi connectivity index (χ4v) is 5.19. The third-order valence-electron chi connectivity index (χ3n) is 7.62. The van der Waals surface area contributed by atoms with Crippen LogP contribution in [0.5, 0.6) is 0 Å². The summed E-state index contributed by atoms with van der Waals surface area (Å²) in [5.74, 6) is 0. The Labute approximate surface area is 210 Å². The molecule has 4 bridgehead atoms. The van der Waals surface area contributed by atoms with Gasteiger partial charge in [0.25, 0.3) is 0 Å². The molecule has 35 heavy (non-hydrogen) atoms. The van der Waals surface area contributed by atoms with Crippen LogP contribution in [-0.4, -0.2) is 79.2 Å². The van der Waals surface area contributed by atoms with Crippen molar-refractivity contribution in [1.29, 1.82) is 0 Å². The third kappa shape index (κ3) is 5.22. The molecule has 0 amide bonds. The van der Waals surface area contributed by atoms with E-state index in [2.05, 4.69) is 71.6 Å². The smallest absolute Gasteiger partial charge is 0.0906 e. The lowest BCUT2D eigenvalue weighted by Gasteiger charge is -2.23. The van der Waals surface area contributed by atoms with E-state index in [-0.39, 0.29) is 0 Å². The van der Waals surface area contributed by atoms with E-state index in [9.17, 15) is 0 Å². The summed E-state index contributed by atoms with van der Waals surface area (Å²) in [5, 5.41) is 0. The highest BCUT2D eigenvalue weighted by Crippen LogP contribution is 2.39. The van der Waals surface area contributed by atoms with Crippen LogP contribution in [0.15, 0.2) is 24.3 Å². The number of benzene rings is 2. The largest absolute Gasteiger partial charge is 0.378 e. The quantitative estimate of drug-likeness (QED) is 0.567. The van der Waals surface area contributed by atoms with Crippen LogP contribution in [0, 0.1) is 27.7 Å². The molecule has 0 spiro atoms. The molecule has 0 N–H and O–H groups in total. The van der Waals surface area contributed by atoms with Crippen LogP contribution < -0.4 is 19.6 Å². The minimum Gasteiger partial charge on any atom is -0.378 e.